The Morgan fingerprint density at radius 2 is 1.87 bits per heavy atom. The number of aromatic carboxylic acids is 1. The molecule has 0 spiro atoms. The molecule has 0 bridgehead atoms. The Hall–Kier alpha value is -2.77. The van der Waals surface area contributed by atoms with E-state index >= 15 is 0 Å². The zero-order valence-electron chi connectivity index (χ0n) is 12.7. The molecule has 0 radical (unpaired) electrons. The van der Waals surface area contributed by atoms with Crippen molar-refractivity contribution in [2.45, 2.75) is 31.6 Å². The molecular weight excluding hydrogens is 298 g/mol. The minimum absolute atomic E-state index is 0.0543. The maximum absolute atomic E-state index is 12.2. The van der Waals surface area contributed by atoms with E-state index < -0.39 is 11.9 Å². The number of carboxylic acids is 1. The Balaban J connectivity index is 1.73. The predicted octanol–water partition coefficient (Wildman–Crippen LogP) is 1.82. The lowest BCUT2D eigenvalue weighted by molar-refractivity contribution is 0.0689. The van der Waals surface area contributed by atoms with Crippen LogP contribution in [0.2, 0.25) is 0 Å². The topological polar surface area (TPSA) is 110 Å². The van der Waals surface area contributed by atoms with Crippen LogP contribution in [0.4, 0.5) is 5.82 Å². The summed E-state index contributed by atoms with van der Waals surface area (Å²) >= 11 is 0. The van der Waals surface area contributed by atoms with Gasteiger partial charge in [-0.3, -0.25) is 9.48 Å². The normalized spacial score (nSPS) is 14.8. The maximum atomic E-state index is 12.2. The van der Waals surface area contributed by atoms with Gasteiger partial charge >= 0.3 is 5.97 Å². The number of carbonyl (C=O) groups is 2. The standard InChI is InChI=1S/C15H17N5O3/c1-20-13(6-10(19-20)9-4-2-3-5-9)18-14(21)11-7-17-12(8-16-11)15(22)23/h6-9H,2-5H2,1H3,(H,18,21)(H,22,23). The molecule has 3 rings (SSSR count). The fraction of sp³-hybridized carbons (Fsp3) is 0.400. The first kappa shape index (κ1) is 15.1. The molecule has 23 heavy (non-hydrogen) atoms. The van der Waals surface area contributed by atoms with Crippen molar-refractivity contribution in [1.29, 1.82) is 0 Å². The third kappa shape index (κ3) is 3.20. The molecular formula is C15H17N5O3. The smallest absolute Gasteiger partial charge is 0.356 e. The number of hydrogen-bond donors (Lipinski definition) is 2. The Bertz CT molecular complexity index is 732. The van der Waals surface area contributed by atoms with Gasteiger partial charge in [0, 0.05) is 19.0 Å². The van der Waals surface area contributed by atoms with Crippen LogP contribution in [0.25, 0.3) is 0 Å². The molecule has 2 N–H and O–H groups in total. The van der Waals surface area contributed by atoms with Crippen molar-refractivity contribution < 1.29 is 14.7 Å². The molecule has 1 saturated carbocycles. The molecule has 1 amide bonds. The first-order valence-electron chi connectivity index (χ1n) is 7.45. The quantitative estimate of drug-likeness (QED) is 0.890. The van der Waals surface area contributed by atoms with Gasteiger partial charge in [0.15, 0.2) is 5.69 Å². The number of carboxylic acid groups (broad SMARTS) is 1. The van der Waals surface area contributed by atoms with Crippen LogP contribution in [-0.2, 0) is 7.05 Å². The molecule has 0 aliphatic heterocycles. The van der Waals surface area contributed by atoms with Crippen LogP contribution >= 0.6 is 0 Å². The number of rotatable bonds is 4. The first-order chi connectivity index (χ1) is 11.0. The fourth-order valence-electron chi connectivity index (χ4n) is 2.76. The summed E-state index contributed by atoms with van der Waals surface area (Å²) < 4.78 is 1.63. The summed E-state index contributed by atoms with van der Waals surface area (Å²) in [7, 11) is 1.77. The molecule has 0 atom stereocenters. The molecule has 2 heterocycles. The molecule has 0 aromatic carbocycles. The first-order valence-corrected chi connectivity index (χ1v) is 7.45. The van der Waals surface area contributed by atoms with Gasteiger partial charge in [-0.2, -0.15) is 5.10 Å². The van der Waals surface area contributed by atoms with E-state index in [0.29, 0.717) is 11.7 Å². The lowest BCUT2D eigenvalue weighted by Gasteiger charge is -2.04. The van der Waals surface area contributed by atoms with Gasteiger partial charge in [0.2, 0.25) is 0 Å². The second-order valence-electron chi connectivity index (χ2n) is 5.61. The predicted molar refractivity (Wildman–Crippen MR) is 81.4 cm³/mol. The van der Waals surface area contributed by atoms with Crippen LogP contribution in [0.5, 0.6) is 0 Å². The lowest BCUT2D eigenvalue weighted by Crippen LogP contribution is -2.17. The maximum Gasteiger partial charge on any atom is 0.356 e. The molecule has 0 saturated heterocycles. The van der Waals surface area contributed by atoms with E-state index in [0.717, 1.165) is 30.9 Å². The summed E-state index contributed by atoms with van der Waals surface area (Å²) in [6, 6.07) is 1.88. The van der Waals surface area contributed by atoms with E-state index in [-0.39, 0.29) is 11.4 Å². The van der Waals surface area contributed by atoms with Crippen molar-refractivity contribution in [3.05, 3.63) is 35.5 Å². The molecule has 1 fully saturated rings. The number of nitrogens with zero attached hydrogens (tertiary/aromatic N) is 4. The average molecular weight is 315 g/mol. The van der Waals surface area contributed by atoms with E-state index in [1.165, 1.54) is 12.8 Å². The van der Waals surface area contributed by atoms with E-state index in [1.54, 1.807) is 11.7 Å². The molecule has 2 aromatic heterocycles. The number of aryl methyl sites for hydroxylation is 1. The van der Waals surface area contributed by atoms with Gasteiger partial charge in [0.05, 0.1) is 18.1 Å². The number of aromatic nitrogens is 4. The van der Waals surface area contributed by atoms with Crippen LogP contribution in [0, 0.1) is 0 Å². The van der Waals surface area contributed by atoms with Gasteiger partial charge in [0.25, 0.3) is 5.91 Å². The summed E-state index contributed by atoms with van der Waals surface area (Å²) in [4.78, 5) is 30.4. The highest BCUT2D eigenvalue weighted by Gasteiger charge is 2.21. The zero-order chi connectivity index (χ0) is 16.4. The second kappa shape index (κ2) is 6.15. The Kier molecular flexibility index (Phi) is 4.05. The summed E-state index contributed by atoms with van der Waals surface area (Å²) in [6.07, 6.45) is 6.90. The number of anilines is 1. The van der Waals surface area contributed by atoms with E-state index in [1.807, 2.05) is 6.07 Å². The van der Waals surface area contributed by atoms with E-state index in [4.69, 9.17) is 5.11 Å². The Labute approximate surface area is 132 Å². The third-order valence-corrected chi connectivity index (χ3v) is 4.02. The van der Waals surface area contributed by atoms with Gasteiger partial charge in [0.1, 0.15) is 11.5 Å². The summed E-state index contributed by atoms with van der Waals surface area (Å²) in [5, 5.41) is 16.0. The molecule has 8 nitrogen and oxygen atoms in total. The van der Waals surface area contributed by atoms with Crippen molar-refractivity contribution in [3.63, 3.8) is 0 Å². The highest BCUT2D eigenvalue weighted by Crippen LogP contribution is 2.34. The summed E-state index contributed by atoms with van der Waals surface area (Å²) in [5.74, 6) is -0.588. The van der Waals surface area contributed by atoms with Crippen LogP contribution in [0.15, 0.2) is 18.5 Å². The van der Waals surface area contributed by atoms with Gasteiger partial charge in [-0.1, -0.05) is 12.8 Å². The number of amides is 1. The van der Waals surface area contributed by atoms with Crippen LogP contribution in [-0.4, -0.2) is 36.7 Å². The minimum Gasteiger partial charge on any atom is -0.476 e. The zero-order valence-corrected chi connectivity index (χ0v) is 12.7. The monoisotopic (exact) mass is 315 g/mol. The number of hydrogen-bond acceptors (Lipinski definition) is 5. The SMILES string of the molecule is Cn1nc(C2CCCC2)cc1NC(=O)c1cnc(C(=O)O)cn1. The van der Waals surface area contributed by atoms with Gasteiger partial charge in [-0.25, -0.2) is 14.8 Å². The van der Waals surface area contributed by atoms with Gasteiger partial charge in [-0.15, -0.1) is 0 Å². The molecule has 8 heteroatoms. The second-order valence-corrected chi connectivity index (χ2v) is 5.61. The highest BCUT2D eigenvalue weighted by molar-refractivity contribution is 6.02. The fourth-order valence-corrected chi connectivity index (χ4v) is 2.76. The molecule has 0 unspecified atom stereocenters. The average Bonchev–Trinajstić information content (AvgIpc) is 3.18. The lowest BCUT2D eigenvalue weighted by atomic mass is 10.0. The minimum atomic E-state index is -1.18. The van der Waals surface area contributed by atoms with E-state index in [9.17, 15) is 9.59 Å². The summed E-state index contributed by atoms with van der Waals surface area (Å²) in [5.41, 5.74) is 0.844. The highest BCUT2D eigenvalue weighted by atomic mass is 16.4. The van der Waals surface area contributed by atoms with Crippen molar-refractivity contribution >= 4 is 17.7 Å². The Morgan fingerprint density at radius 1 is 1.22 bits per heavy atom. The Morgan fingerprint density at radius 3 is 2.48 bits per heavy atom. The molecule has 2 aromatic rings. The molecule has 1 aliphatic carbocycles. The number of nitrogens with one attached hydrogen (secondary N) is 1. The van der Waals surface area contributed by atoms with Crippen molar-refractivity contribution in [2.24, 2.45) is 7.05 Å². The molecule has 1 aliphatic rings. The van der Waals surface area contributed by atoms with Crippen LogP contribution in [0.3, 0.4) is 0 Å². The van der Waals surface area contributed by atoms with Crippen molar-refractivity contribution in [3.8, 4) is 0 Å². The van der Waals surface area contributed by atoms with E-state index in [2.05, 4.69) is 20.4 Å². The van der Waals surface area contributed by atoms with Crippen molar-refractivity contribution in [2.75, 3.05) is 5.32 Å². The van der Waals surface area contributed by atoms with Crippen LogP contribution < -0.4 is 5.32 Å². The van der Waals surface area contributed by atoms with Crippen molar-refractivity contribution in [1.82, 2.24) is 19.7 Å². The molecule has 120 valence electrons. The van der Waals surface area contributed by atoms with Crippen LogP contribution in [0.1, 0.15) is 58.3 Å². The largest absolute Gasteiger partial charge is 0.476 e. The third-order valence-electron chi connectivity index (χ3n) is 4.02. The number of carbonyl (C=O) groups excluding carboxylic acids is 1. The summed E-state index contributed by atoms with van der Waals surface area (Å²) in [6.45, 7) is 0. The van der Waals surface area contributed by atoms with Gasteiger partial charge < -0.3 is 10.4 Å². The van der Waals surface area contributed by atoms with Gasteiger partial charge in [-0.05, 0) is 12.8 Å².